The van der Waals surface area contributed by atoms with Gasteiger partial charge in [0.2, 0.25) is 0 Å². The lowest BCUT2D eigenvalue weighted by Gasteiger charge is -2.21. The van der Waals surface area contributed by atoms with E-state index in [1.165, 1.54) is 0 Å². The van der Waals surface area contributed by atoms with E-state index in [0.29, 0.717) is 30.2 Å². The van der Waals surface area contributed by atoms with Gasteiger partial charge in [0, 0.05) is 19.0 Å². The first-order valence-corrected chi connectivity index (χ1v) is 5.79. The van der Waals surface area contributed by atoms with E-state index in [0.717, 1.165) is 6.42 Å². The molecule has 1 unspecified atom stereocenters. The fourth-order valence-corrected chi connectivity index (χ4v) is 2.34. The number of imidazole rings is 1. The van der Waals surface area contributed by atoms with Crippen LogP contribution in [0.3, 0.4) is 0 Å². The molecule has 0 fully saturated rings. The Labute approximate surface area is 103 Å². The summed E-state index contributed by atoms with van der Waals surface area (Å²) in [5, 5.41) is 9.19. The molecule has 0 saturated heterocycles. The highest BCUT2D eigenvalue weighted by molar-refractivity contribution is 5.87. The lowest BCUT2D eigenvalue weighted by Crippen LogP contribution is -2.31. The molecule has 0 saturated carbocycles. The zero-order valence-corrected chi connectivity index (χ0v) is 9.67. The van der Waals surface area contributed by atoms with E-state index in [-0.39, 0.29) is 11.7 Å². The molecule has 3 rings (SSSR count). The lowest BCUT2D eigenvalue weighted by molar-refractivity contribution is 0.0689. The zero-order chi connectivity index (χ0) is 12.7. The minimum atomic E-state index is -1.02. The smallest absolute Gasteiger partial charge is 0.356 e. The van der Waals surface area contributed by atoms with Gasteiger partial charge in [0.1, 0.15) is 0 Å². The maximum atomic E-state index is 11.2. The number of rotatable bonds is 2. The van der Waals surface area contributed by atoms with Crippen LogP contribution in [-0.4, -0.2) is 26.7 Å². The second kappa shape index (κ2) is 3.99. The van der Waals surface area contributed by atoms with Crippen LogP contribution in [0.25, 0.3) is 11.6 Å². The summed E-state index contributed by atoms with van der Waals surface area (Å²) in [6.45, 7) is 0.673. The van der Waals surface area contributed by atoms with E-state index >= 15 is 0 Å². The van der Waals surface area contributed by atoms with Crippen molar-refractivity contribution in [2.45, 2.75) is 25.4 Å². The molecular weight excluding hydrogens is 234 g/mol. The summed E-state index contributed by atoms with van der Waals surface area (Å²) in [5.41, 5.74) is 6.66. The molecule has 94 valence electrons. The number of hydrogen-bond acceptors (Lipinski definition) is 4. The van der Waals surface area contributed by atoms with Gasteiger partial charge < -0.3 is 19.8 Å². The van der Waals surface area contributed by atoms with Crippen molar-refractivity contribution in [3.8, 4) is 11.6 Å². The van der Waals surface area contributed by atoms with E-state index in [1.54, 1.807) is 18.4 Å². The van der Waals surface area contributed by atoms with Gasteiger partial charge in [-0.2, -0.15) is 0 Å². The second-order valence-corrected chi connectivity index (χ2v) is 4.42. The average molecular weight is 247 g/mol. The standard InChI is InChI=1S/C12H13N3O3/c13-7-3-4-15-8(6-7)10(12(16)17)14-11(15)9-2-1-5-18-9/h1-2,5,7H,3-4,6,13H2,(H,16,17). The Morgan fingerprint density at radius 1 is 1.61 bits per heavy atom. The Morgan fingerprint density at radius 3 is 3.11 bits per heavy atom. The third-order valence-corrected chi connectivity index (χ3v) is 3.20. The number of fused-ring (bicyclic) bond motifs is 1. The molecule has 0 aliphatic carbocycles. The molecule has 0 spiro atoms. The van der Waals surface area contributed by atoms with E-state index < -0.39 is 5.97 Å². The van der Waals surface area contributed by atoms with Crippen molar-refractivity contribution in [2.24, 2.45) is 5.73 Å². The van der Waals surface area contributed by atoms with Crippen LogP contribution in [0.5, 0.6) is 0 Å². The Bertz CT molecular complexity index is 586. The van der Waals surface area contributed by atoms with Crippen LogP contribution in [0.2, 0.25) is 0 Å². The Hall–Kier alpha value is -2.08. The molecule has 0 radical (unpaired) electrons. The minimum Gasteiger partial charge on any atom is -0.476 e. The number of nitrogens with two attached hydrogens (primary N) is 1. The number of hydrogen-bond donors (Lipinski definition) is 2. The summed E-state index contributed by atoms with van der Waals surface area (Å²) in [5.74, 6) is 0.129. The van der Waals surface area contributed by atoms with Gasteiger partial charge in [-0.25, -0.2) is 9.78 Å². The van der Waals surface area contributed by atoms with Crippen molar-refractivity contribution in [1.82, 2.24) is 9.55 Å². The monoisotopic (exact) mass is 247 g/mol. The summed E-state index contributed by atoms with van der Waals surface area (Å²) in [6.07, 6.45) is 2.90. The van der Waals surface area contributed by atoms with E-state index in [2.05, 4.69) is 4.98 Å². The number of carboxylic acid groups (broad SMARTS) is 1. The van der Waals surface area contributed by atoms with Crippen LogP contribution in [0.4, 0.5) is 0 Å². The van der Waals surface area contributed by atoms with Gasteiger partial charge in [-0.15, -0.1) is 0 Å². The normalized spacial score (nSPS) is 18.6. The quantitative estimate of drug-likeness (QED) is 0.829. The second-order valence-electron chi connectivity index (χ2n) is 4.42. The number of nitrogens with zero attached hydrogens (tertiary/aromatic N) is 2. The molecule has 3 heterocycles. The first-order chi connectivity index (χ1) is 8.66. The molecule has 0 aromatic carbocycles. The van der Waals surface area contributed by atoms with Crippen molar-refractivity contribution >= 4 is 5.97 Å². The lowest BCUT2D eigenvalue weighted by atomic mass is 10.0. The number of aromatic carboxylic acids is 1. The molecule has 1 aliphatic rings. The molecule has 0 amide bonds. The first kappa shape index (κ1) is 11.0. The summed E-state index contributed by atoms with van der Waals surface area (Å²) in [6, 6.07) is 3.53. The number of carboxylic acids is 1. The highest BCUT2D eigenvalue weighted by atomic mass is 16.4. The predicted octanol–water partition coefficient (Wildman–Crippen LogP) is 1.11. The van der Waals surface area contributed by atoms with Crippen molar-refractivity contribution < 1.29 is 14.3 Å². The Balaban J connectivity index is 2.17. The highest BCUT2D eigenvalue weighted by Gasteiger charge is 2.28. The van der Waals surface area contributed by atoms with Gasteiger partial charge in [-0.05, 0) is 18.6 Å². The van der Waals surface area contributed by atoms with Crippen molar-refractivity contribution in [2.75, 3.05) is 0 Å². The van der Waals surface area contributed by atoms with Gasteiger partial charge in [-0.3, -0.25) is 0 Å². The molecule has 2 aromatic heterocycles. The number of aromatic nitrogens is 2. The fourth-order valence-electron chi connectivity index (χ4n) is 2.34. The van der Waals surface area contributed by atoms with Crippen molar-refractivity contribution in [3.05, 3.63) is 29.8 Å². The number of furan rings is 1. The number of carbonyl (C=O) groups is 1. The summed E-state index contributed by atoms with van der Waals surface area (Å²) < 4.78 is 7.19. The van der Waals surface area contributed by atoms with Crippen molar-refractivity contribution in [3.63, 3.8) is 0 Å². The molecular formula is C12H13N3O3. The molecule has 6 heteroatoms. The maximum Gasteiger partial charge on any atom is 0.356 e. The van der Waals surface area contributed by atoms with Crippen LogP contribution in [0.1, 0.15) is 22.6 Å². The minimum absolute atomic E-state index is 0.00301. The average Bonchev–Trinajstić information content (AvgIpc) is 2.93. The third kappa shape index (κ3) is 1.62. The maximum absolute atomic E-state index is 11.2. The molecule has 6 nitrogen and oxygen atoms in total. The molecule has 1 aliphatic heterocycles. The summed E-state index contributed by atoms with van der Waals surface area (Å²) in [7, 11) is 0. The van der Waals surface area contributed by atoms with E-state index in [9.17, 15) is 9.90 Å². The summed E-state index contributed by atoms with van der Waals surface area (Å²) >= 11 is 0. The zero-order valence-electron chi connectivity index (χ0n) is 9.67. The largest absolute Gasteiger partial charge is 0.476 e. The summed E-state index contributed by atoms with van der Waals surface area (Å²) in [4.78, 5) is 15.4. The van der Waals surface area contributed by atoms with Gasteiger partial charge in [0.05, 0.1) is 12.0 Å². The predicted molar refractivity (Wildman–Crippen MR) is 63.2 cm³/mol. The first-order valence-electron chi connectivity index (χ1n) is 5.79. The van der Waals surface area contributed by atoms with Crippen LogP contribution in [-0.2, 0) is 13.0 Å². The van der Waals surface area contributed by atoms with E-state index in [1.807, 2.05) is 4.57 Å². The molecule has 1 atom stereocenters. The van der Waals surface area contributed by atoms with Crippen LogP contribution in [0, 0.1) is 0 Å². The molecule has 2 aromatic rings. The topological polar surface area (TPSA) is 94.3 Å². The SMILES string of the molecule is NC1CCn2c(-c3ccco3)nc(C(=O)O)c2C1. The van der Waals surface area contributed by atoms with Gasteiger partial charge in [0.15, 0.2) is 17.3 Å². The third-order valence-electron chi connectivity index (χ3n) is 3.20. The van der Waals surface area contributed by atoms with Crippen LogP contribution in [0.15, 0.2) is 22.8 Å². The van der Waals surface area contributed by atoms with Crippen LogP contribution >= 0.6 is 0 Å². The van der Waals surface area contributed by atoms with Crippen LogP contribution < -0.4 is 5.73 Å². The van der Waals surface area contributed by atoms with Gasteiger partial charge in [0.25, 0.3) is 0 Å². The Kier molecular flexibility index (Phi) is 2.45. The molecule has 0 bridgehead atoms. The molecule has 18 heavy (non-hydrogen) atoms. The fraction of sp³-hybridized carbons (Fsp3) is 0.333. The van der Waals surface area contributed by atoms with Crippen molar-refractivity contribution in [1.29, 1.82) is 0 Å². The van der Waals surface area contributed by atoms with Gasteiger partial charge >= 0.3 is 5.97 Å². The van der Waals surface area contributed by atoms with Gasteiger partial charge in [-0.1, -0.05) is 0 Å². The Morgan fingerprint density at radius 2 is 2.44 bits per heavy atom. The molecule has 3 N–H and O–H groups in total. The van der Waals surface area contributed by atoms with E-state index in [4.69, 9.17) is 10.2 Å². The highest BCUT2D eigenvalue weighted by Crippen LogP contribution is 2.27.